The van der Waals surface area contributed by atoms with E-state index in [1.165, 1.54) is 11.4 Å². The molecule has 4 N–H and O–H groups in total. The van der Waals surface area contributed by atoms with Crippen LogP contribution in [0.3, 0.4) is 0 Å². The SMILES string of the molecule is O=C(Nc1cccc(OCCCc2cccc(NS(=O)(=O)c3ccsc3C(=O)O)c2)c1)c1ccc(-c2ccc(O)cc2)cc1. The van der Waals surface area contributed by atoms with Gasteiger partial charge in [0.1, 0.15) is 21.3 Å². The van der Waals surface area contributed by atoms with E-state index in [0.29, 0.717) is 42.1 Å². The van der Waals surface area contributed by atoms with E-state index in [4.69, 9.17) is 4.74 Å². The number of anilines is 2. The van der Waals surface area contributed by atoms with Gasteiger partial charge in [-0.15, -0.1) is 11.3 Å². The number of sulfonamides is 1. The summed E-state index contributed by atoms with van der Waals surface area (Å²) >= 11 is 0.853. The van der Waals surface area contributed by atoms with Gasteiger partial charge in [-0.05, 0) is 89.5 Å². The van der Waals surface area contributed by atoms with Gasteiger partial charge in [0.2, 0.25) is 0 Å². The van der Waals surface area contributed by atoms with E-state index in [9.17, 15) is 28.2 Å². The molecule has 0 unspecified atom stereocenters. The lowest BCUT2D eigenvalue weighted by Gasteiger charge is -2.11. The number of nitrogens with one attached hydrogen (secondary N) is 2. The Morgan fingerprint density at radius 1 is 0.818 bits per heavy atom. The van der Waals surface area contributed by atoms with Crippen LogP contribution in [0.5, 0.6) is 11.5 Å². The number of thiophene rings is 1. The Hall–Kier alpha value is -5.13. The van der Waals surface area contributed by atoms with Crippen LogP contribution in [0.2, 0.25) is 0 Å². The molecule has 0 bridgehead atoms. The first-order valence-electron chi connectivity index (χ1n) is 13.5. The van der Waals surface area contributed by atoms with Gasteiger partial charge in [-0.2, -0.15) is 0 Å². The van der Waals surface area contributed by atoms with Gasteiger partial charge in [0, 0.05) is 23.0 Å². The average molecular weight is 629 g/mol. The minimum atomic E-state index is -4.05. The van der Waals surface area contributed by atoms with Crippen LogP contribution in [0, 0.1) is 0 Å². The molecule has 1 heterocycles. The minimum Gasteiger partial charge on any atom is -0.508 e. The van der Waals surface area contributed by atoms with Gasteiger partial charge >= 0.3 is 5.97 Å². The summed E-state index contributed by atoms with van der Waals surface area (Å²) < 4.78 is 33.8. The molecule has 1 aromatic heterocycles. The van der Waals surface area contributed by atoms with E-state index in [2.05, 4.69) is 10.0 Å². The molecule has 224 valence electrons. The first-order valence-corrected chi connectivity index (χ1v) is 15.9. The van der Waals surface area contributed by atoms with Crippen LogP contribution < -0.4 is 14.8 Å². The number of ether oxygens (including phenoxy) is 1. The summed E-state index contributed by atoms with van der Waals surface area (Å²) in [5.41, 5.74) is 4.17. The number of aromatic hydroxyl groups is 1. The van der Waals surface area contributed by atoms with Crippen LogP contribution in [0.15, 0.2) is 113 Å². The zero-order chi connectivity index (χ0) is 31.1. The van der Waals surface area contributed by atoms with Crippen LogP contribution >= 0.6 is 11.3 Å². The van der Waals surface area contributed by atoms with Crippen LogP contribution in [0.25, 0.3) is 11.1 Å². The number of carbonyl (C=O) groups is 2. The van der Waals surface area contributed by atoms with Crippen LogP contribution in [-0.2, 0) is 16.4 Å². The summed E-state index contributed by atoms with van der Waals surface area (Å²) in [4.78, 5) is 23.7. The molecule has 4 aromatic carbocycles. The molecule has 0 saturated heterocycles. The summed E-state index contributed by atoms with van der Waals surface area (Å²) in [6.07, 6.45) is 1.26. The summed E-state index contributed by atoms with van der Waals surface area (Å²) in [5, 5.41) is 23.1. The molecular formula is C33H28N2O7S2. The number of aromatic carboxylic acids is 1. The largest absolute Gasteiger partial charge is 0.508 e. The van der Waals surface area contributed by atoms with Gasteiger partial charge in [0.25, 0.3) is 15.9 Å². The maximum atomic E-state index is 12.8. The van der Waals surface area contributed by atoms with Crippen LogP contribution in [0.4, 0.5) is 11.4 Å². The standard InChI is InChI=1S/C33H28N2O7S2/c36-28-15-13-24(14-16-28)23-9-11-25(12-10-23)32(37)34-26-6-2-8-29(21-26)42-18-3-5-22-4-1-7-27(20-22)35-44(40,41)30-17-19-43-31(30)33(38)39/h1-2,4,6-17,19-21,35-36H,3,5,18H2,(H,34,37)(H,38,39). The highest BCUT2D eigenvalue weighted by Gasteiger charge is 2.24. The molecule has 1 amide bonds. The molecule has 44 heavy (non-hydrogen) atoms. The number of carboxylic acids is 1. The lowest BCUT2D eigenvalue weighted by Crippen LogP contribution is -2.15. The van der Waals surface area contributed by atoms with Gasteiger partial charge in [0.15, 0.2) is 0 Å². The van der Waals surface area contributed by atoms with Crippen molar-refractivity contribution >= 4 is 44.6 Å². The Morgan fingerprint density at radius 3 is 2.23 bits per heavy atom. The highest BCUT2D eigenvalue weighted by molar-refractivity contribution is 7.93. The fourth-order valence-electron chi connectivity index (χ4n) is 4.47. The molecule has 0 aliphatic rings. The molecule has 0 aliphatic heterocycles. The second-order valence-electron chi connectivity index (χ2n) is 9.78. The normalized spacial score (nSPS) is 11.1. The highest BCUT2D eigenvalue weighted by atomic mass is 32.2. The van der Waals surface area contributed by atoms with Crippen LogP contribution in [0.1, 0.15) is 32.0 Å². The lowest BCUT2D eigenvalue weighted by atomic mass is 10.0. The van der Waals surface area contributed by atoms with Crippen LogP contribution in [-0.4, -0.2) is 37.1 Å². The predicted molar refractivity (Wildman–Crippen MR) is 170 cm³/mol. The van der Waals surface area contributed by atoms with Crippen molar-refractivity contribution in [1.82, 2.24) is 0 Å². The quantitative estimate of drug-likeness (QED) is 0.110. The Kier molecular flexibility index (Phi) is 9.27. The van der Waals surface area contributed by atoms with Gasteiger partial charge in [-0.25, -0.2) is 13.2 Å². The number of hydrogen-bond acceptors (Lipinski definition) is 7. The molecule has 0 aliphatic carbocycles. The fourth-order valence-corrected chi connectivity index (χ4v) is 6.78. The van der Waals surface area contributed by atoms with E-state index < -0.39 is 16.0 Å². The Balaban J connectivity index is 1.12. The zero-order valence-electron chi connectivity index (χ0n) is 23.3. The van der Waals surface area contributed by atoms with Crippen molar-refractivity contribution < 1.29 is 33.0 Å². The molecule has 5 aromatic rings. The molecule has 0 atom stereocenters. The maximum Gasteiger partial charge on any atom is 0.347 e. The number of carboxylic acid groups (broad SMARTS) is 1. The number of phenols is 1. The van der Waals surface area contributed by atoms with E-state index in [-0.39, 0.29) is 21.4 Å². The predicted octanol–water partition coefficient (Wildman–Crippen LogP) is 6.88. The number of hydrogen-bond donors (Lipinski definition) is 4. The second kappa shape index (κ2) is 13.4. The maximum absolute atomic E-state index is 12.8. The van der Waals surface area contributed by atoms with E-state index in [1.807, 2.05) is 30.3 Å². The van der Waals surface area contributed by atoms with E-state index in [1.54, 1.807) is 66.7 Å². The molecule has 0 fully saturated rings. The van der Waals surface area contributed by atoms with Crippen molar-refractivity contribution in [1.29, 1.82) is 0 Å². The van der Waals surface area contributed by atoms with Gasteiger partial charge < -0.3 is 20.3 Å². The topological polar surface area (TPSA) is 142 Å². The number of benzene rings is 4. The average Bonchev–Trinajstić information content (AvgIpc) is 3.52. The van der Waals surface area contributed by atoms with Gasteiger partial charge in [-0.1, -0.05) is 42.5 Å². The first kappa shape index (κ1) is 30.3. The molecule has 11 heteroatoms. The molecule has 0 saturated carbocycles. The Bertz CT molecular complexity index is 1880. The minimum absolute atomic E-state index is 0.193. The monoisotopic (exact) mass is 628 g/mol. The summed E-state index contributed by atoms with van der Waals surface area (Å²) in [6, 6.07) is 29.3. The van der Waals surface area contributed by atoms with Gasteiger partial charge in [0.05, 0.1) is 6.61 Å². The first-order chi connectivity index (χ1) is 21.2. The fraction of sp³-hybridized carbons (Fsp3) is 0.0909. The second-order valence-corrected chi connectivity index (χ2v) is 12.4. The zero-order valence-corrected chi connectivity index (χ0v) is 24.9. The van der Waals surface area contributed by atoms with Crippen molar-refractivity contribution in [2.45, 2.75) is 17.7 Å². The third-order valence-corrected chi connectivity index (χ3v) is 9.07. The number of aryl methyl sites for hydroxylation is 1. The molecule has 0 spiro atoms. The number of amides is 1. The lowest BCUT2D eigenvalue weighted by molar-refractivity contribution is 0.0698. The molecule has 0 radical (unpaired) electrons. The molecular weight excluding hydrogens is 601 g/mol. The van der Waals surface area contributed by atoms with Crippen molar-refractivity contribution in [2.75, 3.05) is 16.6 Å². The third kappa shape index (κ3) is 7.63. The number of rotatable bonds is 12. The van der Waals surface area contributed by atoms with Crippen molar-refractivity contribution in [3.05, 3.63) is 125 Å². The van der Waals surface area contributed by atoms with Gasteiger partial charge in [-0.3, -0.25) is 9.52 Å². The Labute approximate surface area is 258 Å². The van der Waals surface area contributed by atoms with Crippen molar-refractivity contribution in [3.8, 4) is 22.6 Å². The van der Waals surface area contributed by atoms with Crippen molar-refractivity contribution in [2.24, 2.45) is 0 Å². The third-order valence-electron chi connectivity index (χ3n) is 6.61. The summed E-state index contributed by atoms with van der Waals surface area (Å²) in [7, 11) is -4.05. The van der Waals surface area contributed by atoms with E-state index in [0.717, 1.165) is 28.0 Å². The number of carbonyl (C=O) groups excluding carboxylic acids is 1. The molecule has 9 nitrogen and oxygen atoms in total. The summed E-state index contributed by atoms with van der Waals surface area (Å²) in [6.45, 7) is 0.392. The molecule has 5 rings (SSSR count). The van der Waals surface area contributed by atoms with E-state index >= 15 is 0 Å². The Morgan fingerprint density at radius 2 is 1.50 bits per heavy atom. The number of phenolic OH excluding ortho intramolecular Hbond substituents is 1. The smallest absolute Gasteiger partial charge is 0.347 e. The summed E-state index contributed by atoms with van der Waals surface area (Å²) in [5.74, 6) is -0.761. The highest BCUT2D eigenvalue weighted by Crippen LogP contribution is 2.26. The van der Waals surface area contributed by atoms with Crippen molar-refractivity contribution in [3.63, 3.8) is 0 Å².